The minimum absolute atomic E-state index is 0.282. The van der Waals surface area contributed by atoms with Crippen LogP contribution in [0.2, 0.25) is 0 Å². The van der Waals surface area contributed by atoms with E-state index in [-0.39, 0.29) is 5.91 Å². The Morgan fingerprint density at radius 3 is 2.86 bits per heavy atom. The summed E-state index contributed by atoms with van der Waals surface area (Å²) in [4.78, 5) is 23.4. The standard InChI is InChI=1S/C27H30N8O2/c1-5-27(36)33-21-11-22(25(37-4)13-24(21)35-9-8-28-17(2)15-35)32-26-12-20(29-16-30-26)18-6-7-23-19(10-18)14-31-34(23)3/h5-7,10-14,16-17,28H,1,8-9,15H2,2-4H3,(H,33,36)(H,29,30,32)/t17-/m0/s1. The van der Waals surface area contributed by atoms with Gasteiger partial charge in [-0.15, -0.1) is 0 Å². The summed E-state index contributed by atoms with van der Waals surface area (Å²) in [5, 5.41) is 15.1. The van der Waals surface area contributed by atoms with E-state index in [9.17, 15) is 4.79 Å². The van der Waals surface area contributed by atoms with E-state index in [0.717, 1.165) is 47.5 Å². The van der Waals surface area contributed by atoms with Crippen LogP contribution in [0.3, 0.4) is 0 Å². The number of nitrogens with one attached hydrogen (secondary N) is 3. The first kappa shape index (κ1) is 24.3. The van der Waals surface area contributed by atoms with Crippen LogP contribution in [0.4, 0.5) is 22.9 Å². The predicted molar refractivity (Wildman–Crippen MR) is 147 cm³/mol. The highest BCUT2D eigenvalue weighted by molar-refractivity contribution is 6.02. The molecule has 1 atom stereocenters. The second-order valence-electron chi connectivity index (χ2n) is 9.02. The van der Waals surface area contributed by atoms with Crippen LogP contribution in [-0.2, 0) is 11.8 Å². The number of anilines is 4. The molecule has 1 aliphatic rings. The molecule has 1 fully saturated rings. The summed E-state index contributed by atoms with van der Waals surface area (Å²) < 4.78 is 7.58. The molecule has 0 saturated carbocycles. The average molecular weight is 499 g/mol. The highest BCUT2D eigenvalue weighted by atomic mass is 16.5. The zero-order chi connectivity index (χ0) is 25.9. The lowest BCUT2D eigenvalue weighted by atomic mass is 10.1. The van der Waals surface area contributed by atoms with Gasteiger partial charge in [-0.1, -0.05) is 12.6 Å². The molecule has 0 spiro atoms. The Morgan fingerprint density at radius 1 is 1.22 bits per heavy atom. The molecule has 0 aliphatic carbocycles. The molecule has 1 aliphatic heterocycles. The van der Waals surface area contributed by atoms with Crippen LogP contribution < -0.4 is 25.6 Å². The molecule has 37 heavy (non-hydrogen) atoms. The summed E-state index contributed by atoms with van der Waals surface area (Å²) in [6.07, 6.45) is 4.62. The lowest BCUT2D eigenvalue weighted by Gasteiger charge is -2.35. The van der Waals surface area contributed by atoms with Crippen molar-refractivity contribution in [1.29, 1.82) is 0 Å². The van der Waals surface area contributed by atoms with E-state index in [1.807, 2.05) is 48.3 Å². The number of nitrogens with zero attached hydrogens (tertiary/aromatic N) is 5. The molecular formula is C27H30N8O2. The third-order valence-corrected chi connectivity index (χ3v) is 6.44. The lowest BCUT2D eigenvalue weighted by Crippen LogP contribution is -2.49. The molecule has 4 aromatic rings. The van der Waals surface area contributed by atoms with Crippen LogP contribution in [0.15, 0.2) is 61.6 Å². The summed E-state index contributed by atoms with van der Waals surface area (Å²) in [6.45, 7) is 8.21. The van der Waals surface area contributed by atoms with Crippen molar-refractivity contribution >= 4 is 39.7 Å². The highest BCUT2D eigenvalue weighted by Gasteiger charge is 2.22. The fraction of sp³-hybridized carbons (Fsp3) is 0.259. The first-order valence-electron chi connectivity index (χ1n) is 12.1. The Morgan fingerprint density at radius 2 is 2.08 bits per heavy atom. The Kier molecular flexibility index (Phi) is 6.74. The van der Waals surface area contributed by atoms with Gasteiger partial charge in [0.25, 0.3) is 0 Å². The number of carbonyl (C=O) groups excluding carboxylic acids is 1. The van der Waals surface area contributed by atoms with Crippen LogP contribution in [0.5, 0.6) is 5.75 Å². The normalized spacial score (nSPS) is 15.4. The van der Waals surface area contributed by atoms with Gasteiger partial charge in [-0.05, 0) is 31.2 Å². The molecule has 1 amide bonds. The molecule has 3 N–H and O–H groups in total. The van der Waals surface area contributed by atoms with Crippen LogP contribution in [0.25, 0.3) is 22.2 Å². The second-order valence-corrected chi connectivity index (χ2v) is 9.02. The molecule has 10 heteroatoms. The van der Waals surface area contributed by atoms with Gasteiger partial charge in [0.2, 0.25) is 5.91 Å². The molecule has 10 nitrogen and oxygen atoms in total. The van der Waals surface area contributed by atoms with Gasteiger partial charge in [0, 0.05) is 55.8 Å². The van der Waals surface area contributed by atoms with E-state index in [1.165, 1.54) is 12.4 Å². The maximum absolute atomic E-state index is 12.3. The van der Waals surface area contributed by atoms with E-state index in [2.05, 4.69) is 55.5 Å². The van der Waals surface area contributed by atoms with Crippen molar-refractivity contribution in [3.63, 3.8) is 0 Å². The number of aromatic nitrogens is 4. The maximum Gasteiger partial charge on any atom is 0.247 e. The zero-order valence-corrected chi connectivity index (χ0v) is 21.2. The first-order valence-corrected chi connectivity index (χ1v) is 12.1. The van der Waals surface area contributed by atoms with Gasteiger partial charge in [0.1, 0.15) is 17.9 Å². The predicted octanol–water partition coefficient (Wildman–Crippen LogP) is 3.71. The molecule has 190 valence electrons. The molecule has 0 unspecified atom stereocenters. The van der Waals surface area contributed by atoms with E-state index in [4.69, 9.17) is 4.74 Å². The molecule has 1 saturated heterocycles. The van der Waals surface area contributed by atoms with E-state index in [0.29, 0.717) is 29.0 Å². The Labute approximate surface area is 215 Å². The topological polar surface area (TPSA) is 109 Å². The first-order chi connectivity index (χ1) is 17.9. The van der Waals surface area contributed by atoms with Gasteiger partial charge in [-0.3, -0.25) is 9.48 Å². The summed E-state index contributed by atoms with van der Waals surface area (Å²) in [6, 6.07) is 12.1. The molecule has 0 radical (unpaired) electrons. The third-order valence-electron chi connectivity index (χ3n) is 6.44. The summed E-state index contributed by atoms with van der Waals surface area (Å²) in [7, 11) is 3.54. The number of benzene rings is 2. The Bertz CT molecular complexity index is 1460. The fourth-order valence-corrected chi connectivity index (χ4v) is 4.58. The van der Waals surface area contributed by atoms with Gasteiger partial charge in [-0.25, -0.2) is 9.97 Å². The number of fused-ring (bicyclic) bond motifs is 1. The van der Waals surface area contributed by atoms with Gasteiger partial charge >= 0.3 is 0 Å². The number of amides is 1. The average Bonchev–Trinajstić information content (AvgIpc) is 3.28. The number of methoxy groups -OCH3 is 1. The number of hydrogen-bond donors (Lipinski definition) is 3. The van der Waals surface area contributed by atoms with Crippen molar-refractivity contribution in [2.24, 2.45) is 7.05 Å². The summed E-state index contributed by atoms with van der Waals surface area (Å²) in [5.74, 6) is 0.949. The number of rotatable bonds is 7. The highest BCUT2D eigenvalue weighted by Crippen LogP contribution is 2.39. The van der Waals surface area contributed by atoms with Gasteiger partial charge in [-0.2, -0.15) is 5.10 Å². The van der Waals surface area contributed by atoms with Crippen LogP contribution in [0.1, 0.15) is 6.92 Å². The van der Waals surface area contributed by atoms with E-state index >= 15 is 0 Å². The van der Waals surface area contributed by atoms with Crippen molar-refractivity contribution in [2.75, 3.05) is 42.3 Å². The summed E-state index contributed by atoms with van der Waals surface area (Å²) >= 11 is 0. The molecule has 2 aromatic heterocycles. The Balaban J connectivity index is 1.49. The van der Waals surface area contributed by atoms with Crippen molar-refractivity contribution < 1.29 is 9.53 Å². The zero-order valence-electron chi connectivity index (χ0n) is 21.2. The maximum atomic E-state index is 12.3. The lowest BCUT2D eigenvalue weighted by molar-refractivity contribution is -0.111. The molecule has 2 aromatic carbocycles. The number of piperazine rings is 1. The number of carbonyl (C=O) groups is 1. The largest absolute Gasteiger partial charge is 0.494 e. The van der Waals surface area contributed by atoms with Gasteiger partial charge in [0.15, 0.2) is 0 Å². The van der Waals surface area contributed by atoms with Crippen LogP contribution >= 0.6 is 0 Å². The molecule has 0 bridgehead atoms. The van der Waals surface area contributed by atoms with Crippen LogP contribution in [-0.4, -0.2) is 58.4 Å². The van der Waals surface area contributed by atoms with Crippen LogP contribution in [0, 0.1) is 0 Å². The minimum Gasteiger partial charge on any atom is -0.494 e. The minimum atomic E-state index is -0.282. The monoisotopic (exact) mass is 498 g/mol. The van der Waals surface area contributed by atoms with Gasteiger partial charge < -0.3 is 25.6 Å². The van der Waals surface area contributed by atoms with Crippen molar-refractivity contribution in [3.8, 4) is 17.0 Å². The van der Waals surface area contributed by atoms with E-state index < -0.39 is 0 Å². The second kappa shape index (κ2) is 10.3. The van der Waals surface area contributed by atoms with Crippen molar-refractivity contribution in [1.82, 2.24) is 25.1 Å². The molecule has 5 rings (SSSR count). The number of ether oxygens (including phenoxy) is 1. The number of hydrogen-bond acceptors (Lipinski definition) is 8. The summed E-state index contributed by atoms with van der Waals surface area (Å²) in [5.41, 5.74) is 5.00. The van der Waals surface area contributed by atoms with Crippen molar-refractivity contribution in [2.45, 2.75) is 13.0 Å². The smallest absolute Gasteiger partial charge is 0.247 e. The quantitative estimate of drug-likeness (QED) is 0.331. The van der Waals surface area contributed by atoms with Gasteiger partial charge in [0.05, 0.1) is 41.6 Å². The molecular weight excluding hydrogens is 468 g/mol. The molecule has 3 heterocycles. The third kappa shape index (κ3) is 5.10. The Hall–Kier alpha value is -4.44. The fourth-order valence-electron chi connectivity index (χ4n) is 4.58. The SMILES string of the molecule is C=CC(=O)Nc1cc(Nc2cc(-c3ccc4c(cnn4C)c3)ncn2)c(OC)cc1N1CCN[C@@H](C)C1. The van der Waals surface area contributed by atoms with Crippen molar-refractivity contribution in [3.05, 3.63) is 61.6 Å². The number of aryl methyl sites for hydroxylation is 1. The van der Waals surface area contributed by atoms with E-state index in [1.54, 1.807) is 7.11 Å².